The molecule has 0 saturated carbocycles. The summed E-state index contributed by atoms with van der Waals surface area (Å²) in [5.41, 5.74) is -0.875. The first-order valence-electron chi connectivity index (χ1n) is 5.88. The molecule has 0 fully saturated rings. The van der Waals surface area contributed by atoms with Crippen molar-refractivity contribution in [1.29, 1.82) is 5.26 Å². The Bertz CT molecular complexity index is 690. The second-order valence-corrected chi connectivity index (χ2v) is 4.07. The molecule has 0 bridgehead atoms. The van der Waals surface area contributed by atoms with E-state index in [4.69, 9.17) is 14.7 Å². The molecule has 0 aliphatic carbocycles. The zero-order valence-electron chi connectivity index (χ0n) is 10.9. The SMILES string of the molecule is COc1ccccc1Oc1cc(C(F)(F)F)ccc1C#N. The molecule has 21 heavy (non-hydrogen) atoms. The lowest BCUT2D eigenvalue weighted by atomic mass is 10.1. The summed E-state index contributed by atoms with van der Waals surface area (Å²) in [7, 11) is 1.42. The largest absolute Gasteiger partial charge is 0.493 e. The van der Waals surface area contributed by atoms with Gasteiger partial charge in [0.1, 0.15) is 11.8 Å². The number of hydrogen-bond acceptors (Lipinski definition) is 3. The van der Waals surface area contributed by atoms with Gasteiger partial charge in [0.2, 0.25) is 0 Å². The van der Waals surface area contributed by atoms with E-state index in [1.807, 2.05) is 0 Å². The number of hydrogen-bond donors (Lipinski definition) is 0. The minimum Gasteiger partial charge on any atom is -0.493 e. The van der Waals surface area contributed by atoms with Crippen molar-refractivity contribution in [1.82, 2.24) is 0 Å². The van der Waals surface area contributed by atoms with Crippen LogP contribution in [0.5, 0.6) is 17.2 Å². The summed E-state index contributed by atoms with van der Waals surface area (Å²) in [6.45, 7) is 0. The van der Waals surface area contributed by atoms with Gasteiger partial charge in [0.25, 0.3) is 0 Å². The van der Waals surface area contributed by atoms with E-state index < -0.39 is 11.7 Å². The van der Waals surface area contributed by atoms with E-state index in [9.17, 15) is 13.2 Å². The maximum absolute atomic E-state index is 12.7. The minimum atomic E-state index is -4.51. The predicted octanol–water partition coefficient (Wildman–Crippen LogP) is 4.38. The summed E-state index contributed by atoms with van der Waals surface area (Å²) in [5.74, 6) is 0.423. The lowest BCUT2D eigenvalue weighted by Gasteiger charge is -2.13. The standard InChI is InChI=1S/C15H10F3NO2/c1-20-12-4-2-3-5-13(12)21-14-8-11(15(16,17)18)7-6-10(14)9-19/h2-8H,1H3. The highest BCUT2D eigenvalue weighted by atomic mass is 19.4. The zero-order chi connectivity index (χ0) is 15.5. The van der Waals surface area contributed by atoms with Crippen LogP contribution in [-0.4, -0.2) is 7.11 Å². The molecule has 2 aromatic rings. The third kappa shape index (κ3) is 3.26. The molecule has 0 aromatic heterocycles. The topological polar surface area (TPSA) is 42.2 Å². The van der Waals surface area contributed by atoms with Crippen LogP contribution in [0.15, 0.2) is 42.5 Å². The Balaban J connectivity index is 2.45. The fourth-order valence-electron chi connectivity index (χ4n) is 1.70. The van der Waals surface area contributed by atoms with Gasteiger partial charge in [-0.25, -0.2) is 0 Å². The normalized spacial score (nSPS) is 10.8. The molecule has 0 N–H and O–H groups in total. The van der Waals surface area contributed by atoms with E-state index in [2.05, 4.69) is 0 Å². The van der Waals surface area contributed by atoms with Crippen molar-refractivity contribution in [3.05, 3.63) is 53.6 Å². The van der Waals surface area contributed by atoms with Crippen LogP contribution in [0.3, 0.4) is 0 Å². The molecule has 0 amide bonds. The van der Waals surface area contributed by atoms with Crippen LogP contribution in [0.1, 0.15) is 11.1 Å². The van der Waals surface area contributed by atoms with Gasteiger partial charge < -0.3 is 9.47 Å². The monoisotopic (exact) mass is 293 g/mol. The molecular formula is C15H10F3NO2. The number of para-hydroxylation sites is 2. The van der Waals surface area contributed by atoms with Crippen LogP contribution in [0, 0.1) is 11.3 Å². The quantitative estimate of drug-likeness (QED) is 0.843. The number of halogens is 3. The Morgan fingerprint density at radius 2 is 1.67 bits per heavy atom. The van der Waals surface area contributed by atoms with Gasteiger partial charge in [-0.05, 0) is 30.3 Å². The maximum Gasteiger partial charge on any atom is 0.416 e. The Morgan fingerprint density at radius 1 is 1.00 bits per heavy atom. The molecule has 0 unspecified atom stereocenters. The van der Waals surface area contributed by atoms with Crippen LogP contribution in [0.4, 0.5) is 13.2 Å². The van der Waals surface area contributed by atoms with Crippen molar-refractivity contribution < 1.29 is 22.6 Å². The summed E-state index contributed by atoms with van der Waals surface area (Å²) < 4.78 is 48.6. The van der Waals surface area contributed by atoms with Gasteiger partial charge in [-0.2, -0.15) is 18.4 Å². The van der Waals surface area contributed by atoms with Crippen LogP contribution < -0.4 is 9.47 Å². The van der Waals surface area contributed by atoms with Gasteiger partial charge in [-0.3, -0.25) is 0 Å². The maximum atomic E-state index is 12.7. The molecule has 0 spiro atoms. The molecule has 0 heterocycles. The first-order valence-corrected chi connectivity index (χ1v) is 5.88. The zero-order valence-corrected chi connectivity index (χ0v) is 10.9. The molecule has 0 saturated heterocycles. The number of ether oxygens (including phenoxy) is 2. The van der Waals surface area contributed by atoms with E-state index in [1.165, 1.54) is 7.11 Å². The van der Waals surface area contributed by atoms with Crippen LogP contribution in [0.2, 0.25) is 0 Å². The van der Waals surface area contributed by atoms with Crippen molar-refractivity contribution in [2.45, 2.75) is 6.18 Å². The number of alkyl halides is 3. The second kappa shape index (κ2) is 5.75. The third-order valence-corrected chi connectivity index (χ3v) is 2.72. The summed E-state index contributed by atoms with van der Waals surface area (Å²) in [5, 5.41) is 8.97. The predicted molar refractivity (Wildman–Crippen MR) is 69.2 cm³/mol. The highest BCUT2D eigenvalue weighted by molar-refractivity contribution is 5.50. The summed E-state index contributed by atoms with van der Waals surface area (Å²) in [6, 6.07) is 11.0. The number of methoxy groups -OCH3 is 1. The van der Waals surface area contributed by atoms with E-state index >= 15 is 0 Å². The van der Waals surface area contributed by atoms with Gasteiger partial charge in [-0.1, -0.05) is 12.1 Å². The van der Waals surface area contributed by atoms with E-state index in [0.29, 0.717) is 5.75 Å². The molecule has 6 heteroatoms. The fourth-order valence-corrected chi connectivity index (χ4v) is 1.70. The second-order valence-electron chi connectivity index (χ2n) is 4.07. The van der Waals surface area contributed by atoms with Crippen molar-refractivity contribution >= 4 is 0 Å². The van der Waals surface area contributed by atoms with Gasteiger partial charge in [-0.15, -0.1) is 0 Å². The average Bonchev–Trinajstić information content (AvgIpc) is 2.47. The van der Waals surface area contributed by atoms with Crippen molar-refractivity contribution in [3.63, 3.8) is 0 Å². The van der Waals surface area contributed by atoms with E-state index in [0.717, 1.165) is 18.2 Å². The fraction of sp³-hybridized carbons (Fsp3) is 0.133. The lowest BCUT2D eigenvalue weighted by Crippen LogP contribution is -2.05. The van der Waals surface area contributed by atoms with Gasteiger partial charge >= 0.3 is 6.18 Å². The van der Waals surface area contributed by atoms with E-state index in [1.54, 1.807) is 30.3 Å². The minimum absolute atomic E-state index is 0.00825. The van der Waals surface area contributed by atoms with Crippen molar-refractivity contribution in [2.75, 3.05) is 7.11 Å². The molecule has 0 aliphatic heterocycles. The number of nitriles is 1. The highest BCUT2D eigenvalue weighted by Gasteiger charge is 2.31. The Hall–Kier alpha value is -2.68. The van der Waals surface area contributed by atoms with Gasteiger partial charge in [0.15, 0.2) is 11.5 Å². The highest BCUT2D eigenvalue weighted by Crippen LogP contribution is 2.37. The van der Waals surface area contributed by atoms with Crippen molar-refractivity contribution in [3.8, 4) is 23.3 Å². The molecule has 108 valence electrons. The Morgan fingerprint density at radius 3 is 2.24 bits per heavy atom. The molecule has 2 aromatic carbocycles. The molecule has 3 nitrogen and oxygen atoms in total. The molecule has 0 atom stereocenters. The molecule has 2 rings (SSSR count). The Labute approximate surface area is 119 Å². The average molecular weight is 293 g/mol. The van der Waals surface area contributed by atoms with E-state index in [-0.39, 0.29) is 17.1 Å². The lowest BCUT2D eigenvalue weighted by molar-refractivity contribution is -0.137. The Kier molecular flexibility index (Phi) is 4.03. The molecular weight excluding hydrogens is 283 g/mol. The van der Waals surface area contributed by atoms with Gasteiger partial charge in [0.05, 0.1) is 18.2 Å². The number of nitrogens with zero attached hydrogens (tertiary/aromatic N) is 1. The molecule has 0 radical (unpaired) electrons. The molecule has 0 aliphatic rings. The summed E-state index contributed by atoms with van der Waals surface area (Å²) in [6.07, 6.45) is -4.51. The number of benzene rings is 2. The first kappa shape index (κ1) is 14.7. The van der Waals surface area contributed by atoms with Gasteiger partial charge in [0, 0.05) is 0 Å². The van der Waals surface area contributed by atoms with Crippen LogP contribution in [0.25, 0.3) is 0 Å². The number of rotatable bonds is 3. The van der Waals surface area contributed by atoms with Crippen molar-refractivity contribution in [2.24, 2.45) is 0 Å². The smallest absolute Gasteiger partial charge is 0.416 e. The summed E-state index contributed by atoms with van der Waals surface area (Å²) in [4.78, 5) is 0. The van der Waals surface area contributed by atoms with Crippen LogP contribution >= 0.6 is 0 Å². The summed E-state index contributed by atoms with van der Waals surface area (Å²) >= 11 is 0. The first-order chi connectivity index (χ1) is 9.95. The van der Waals surface area contributed by atoms with Crippen LogP contribution in [-0.2, 0) is 6.18 Å². The third-order valence-electron chi connectivity index (χ3n) is 2.72.